The van der Waals surface area contributed by atoms with Crippen molar-refractivity contribution in [2.75, 3.05) is 13.7 Å². The molecule has 0 unspecified atom stereocenters. The quantitative estimate of drug-likeness (QED) is 0.402. The maximum atomic E-state index is 13.4. The molecule has 1 amide bonds. The van der Waals surface area contributed by atoms with E-state index in [1.54, 1.807) is 35.6 Å². The van der Waals surface area contributed by atoms with Crippen molar-refractivity contribution in [3.63, 3.8) is 0 Å². The minimum absolute atomic E-state index is 0.0956. The molecule has 0 bridgehead atoms. The Morgan fingerprint density at radius 2 is 1.76 bits per heavy atom. The number of fused-ring (bicyclic) bond motifs is 1. The summed E-state index contributed by atoms with van der Waals surface area (Å²) in [7, 11) is 1.57. The molecule has 0 saturated carbocycles. The number of ether oxygens (including phenoxy) is 1. The standard InChI is InChI=1S/C25H25N3O4S/c1-3-26(15-18-8-5-4-6-9-18)22(29)17-27-21-12-13-33-23(21)24(30)28(25(27)31)16-19-10-7-11-20(14-19)32-2/h4-14H,3,15-17H2,1-2H3. The van der Waals surface area contributed by atoms with Crippen LogP contribution in [0.4, 0.5) is 0 Å². The monoisotopic (exact) mass is 463 g/mol. The van der Waals surface area contributed by atoms with Crippen molar-refractivity contribution in [2.24, 2.45) is 0 Å². The summed E-state index contributed by atoms with van der Waals surface area (Å²) in [4.78, 5) is 41.3. The van der Waals surface area contributed by atoms with E-state index in [4.69, 9.17) is 4.74 Å². The number of aromatic nitrogens is 2. The van der Waals surface area contributed by atoms with Crippen LogP contribution < -0.4 is 16.0 Å². The first-order valence-electron chi connectivity index (χ1n) is 10.7. The average Bonchev–Trinajstić information content (AvgIpc) is 3.33. The summed E-state index contributed by atoms with van der Waals surface area (Å²) in [5.74, 6) is 0.468. The molecule has 4 aromatic rings. The lowest BCUT2D eigenvalue weighted by Gasteiger charge is -2.22. The second-order valence-corrected chi connectivity index (χ2v) is 8.56. The second kappa shape index (κ2) is 9.87. The van der Waals surface area contributed by atoms with Crippen LogP contribution in [0.15, 0.2) is 75.6 Å². The molecule has 0 fully saturated rings. The normalized spacial score (nSPS) is 11.0. The number of carbonyl (C=O) groups excluding carboxylic acids is 1. The molecule has 2 aromatic carbocycles. The van der Waals surface area contributed by atoms with Crippen molar-refractivity contribution < 1.29 is 9.53 Å². The molecule has 33 heavy (non-hydrogen) atoms. The van der Waals surface area contributed by atoms with Crippen molar-refractivity contribution >= 4 is 27.5 Å². The highest BCUT2D eigenvalue weighted by Gasteiger charge is 2.19. The Hall–Kier alpha value is -3.65. The number of benzene rings is 2. The number of thiophene rings is 1. The van der Waals surface area contributed by atoms with E-state index < -0.39 is 5.69 Å². The molecule has 0 atom stereocenters. The van der Waals surface area contributed by atoms with Crippen LogP contribution >= 0.6 is 11.3 Å². The van der Waals surface area contributed by atoms with Gasteiger partial charge in [-0.25, -0.2) is 4.79 Å². The molecular formula is C25H25N3O4S. The summed E-state index contributed by atoms with van der Waals surface area (Å²) in [5.41, 5.74) is 1.41. The van der Waals surface area contributed by atoms with Gasteiger partial charge in [0.25, 0.3) is 5.56 Å². The molecule has 0 aliphatic carbocycles. The maximum Gasteiger partial charge on any atom is 0.332 e. The Bertz CT molecular complexity index is 1390. The van der Waals surface area contributed by atoms with Crippen molar-refractivity contribution in [2.45, 2.75) is 26.6 Å². The molecule has 0 saturated heterocycles. The fourth-order valence-corrected chi connectivity index (χ4v) is 4.64. The minimum atomic E-state index is -0.502. The maximum absolute atomic E-state index is 13.4. The van der Waals surface area contributed by atoms with E-state index in [1.165, 1.54) is 20.5 Å². The van der Waals surface area contributed by atoms with Crippen molar-refractivity contribution in [1.29, 1.82) is 0 Å². The lowest BCUT2D eigenvalue weighted by atomic mass is 10.2. The molecule has 0 radical (unpaired) electrons. The van der Waals surface area contributed by atoms with Crippen molar-refractivity contribution in [1.82, 2.24) is 14.0 Å². The van der Waals surface area contributed by atoms with Crippen LogP contribution in [0.25, 0.3) is 10.2 Å². The van der Waals surface area contributed by atoms with Crippen molar-refractivity contribution in [3.05, 3.63) is 98.0 Å². The average molecular weight is 464 g/mol. The van der Waals surface area contributed by atoms with Crippen LogP contribution in [0, 0.1) is 0 Å². The molecule has 0 spiro atoms. The van der Waals surface area contributed by atoms with Gasteiger partial charge in [0, 0.05) is 13.1 Å². The number of carbonyl (C=O) groups is 1. The van der Waals surface area contributed by atoms with Gasteiger partial charge in [0.2, 0.25) is 5.91 Å². The van der Waals surface area contributed by atoms with E-state index in [0.29, 0.717) is 29.1 Å². The number of hydrogen-bond donors (Lipinski definition) is 0. The van der Waals surface area contributed by atoms with Crippen LogP contribution in [-0.4, -0.2) is 33.6 Å². The third-order valence-electron chi connectivity index (χ3n) is 5.56. The molecule has 0 aliphatic rings. The lowest BCUT2D eigenvalue weighted by Crippen LogP contribution is -2.43. The summed E-state index contributed by atoms with van der Waals surface area (Å²) in [6.45, 7) is 2.84. The molecule has 170 valence electrons. The van der Waals surface area contributed by atoms with E-state index in [0.717, 1.165) is 11.1 Å². The largest absolute Gasteiger partial charge is 0.497 e. The fourth-order valence-electron chi connectivity index (χ4n) is 3.79. The van der Waals surface area contributed by atoms with Gasteiger partial charge in [0.15, 0.2) is 0 Å². The zero-order valence-electron chi connectivity index (χ0n) is 18.6. The molecule has 2 heterocycles. The van der Waals surface area contributed by atoms with Crippen LogP contribution in [-0.2, 0) is 24.4 Å². The van der Waals surface area contributed by atoms with Gasteiger partial charge in [-0.15, -0.1) is 11.3 Å². The number of nitrogens with zero attached hydrogens (tertiary/aromatic N) is 3. The van der Waals surface area contributed by atoms with Gasteiger partial charge >= 0.3 is 5.69 Å². The predicted molar refractivity (Wildman–Crippen MR) is 130 cm³/mol. The summed E-state index contributed by atoms with van der Waals surface area (Å²) in [5, 5.41) is 1.77. The first kappa shape index (κ1) is 22.5. The molecule has 0 aliphatic heterocycles. The third kappa shape index (κ3) is 4.75. The lowest BCUT2D eigenvalue weighted by molar-refractivity contribution is -0.132. The zero-order chi connectivity index (χ0) is 23.4. The van der Waals surface area contributed by atoms with Gasteiger partial charge in [-0.1, -0.05) is 42.5 Å². The highest BCUT2D eigenvalue weighted by molar-refractivity contribution is 7.17. The fraction of sp³-hybridized carbons (Fsp3) is 0.240. The Balaban J connectivity index is 1.70. The summed E-state index contributed by atoms with van der Waals surface area (Å²) in [6.07, 6.45) is 0. The van der Waals surface area contributed by atoms with Gasteiger partial charge in [-0.3, -0.25) is 18.7 Å². The first-order valence-corrected chi connectivity index (χ1v) is 11.5. The number of likely N-dealkylation sites (N-methyl/N-ethyl adjacent to an activating group) is 1. The third-order valence-corrected chi connectivity index (χ3v) is 6.45. The van der Waals surface area contributed by atoms with Crippen LogP contribution in [0.2, 0.25) is 0 Å². The smallest absolute Gasteiger partial charge is 0.332 e. The SMILES string of the molecule is CCN(Cc1ccccc1)C(=O)Cn1c(=O)n(Cc2cccc(OC)c2)c(=O)c2sccc21. The second-order valence-electron chi connectivity index (χ2n) is 7.64. The van der Waals surface area contributed by atoms with E-state index in [1.807, 2.05) is 49.4 Å². The molecule has 0 N–H and O–H groups in total. The summed E-state index contributed by atoms with van der Waals surface area (Å²) >= 11 is 1.27. The van der Waals surface area contributed by atoms with Crippen LogP contribution in [0.1, 0.15) is 18.1 Å². The predicted octanol–water partition coefficient (Wildman–Crippen LogP) is 3.33. The van der Waals surface area contributed by atoms with Gasteiger partial charge in [-0.05, 0) is 41.6 Å². The van der Waals surface area contributed by atoms with E-state index in [2.05, 4.69) is 0 Å². The van der Waals surface area contributed by atoms with Crippen LogP contribution in [0.5, 0.6) is 5.75 Å². The van der Waals surface area contributed by atoms with E-state index >= 15 is 0 Å². The summed E-state index contributed by atoms with van der Waals surface area (Å²) in [6, 6.07) is 18.7. The Morgan fingerprint density at radius 1 is 1.00 bits per heavy atom. The Labute approximate surface area is 195 Å². The molecule has 4 rings (SSSR count). The topological polar surface area (TPSA) is 73.5 Å². The number of hydrogen-bond acceptors (Lipinski definition) is 5. The van der Waals surface area contributed by atoms with Crippen molar-refractivity contribution in [3.8, 4) is 5.75 Å². The Kier molecular flexibility index (Phi) is 6.74. The number of rotatable bonds is 8. The van der Waals surface area contributed by atoms with Gasteiger partial charge in [-0.2, -0.15) is 0 Å². The molecule has 2 aromatic heterocycles. The number of amides is 1. The number of methoxy groups -OCH3 is 1. The molecular weight excluding hydrogens is 438 g/mol. The van der Waals surface area contributed by atoms with Gasteiger partial charge in [0.1, 0.15) is 17.0 Å². The highest BCUT2D eigenvalue weighted by Crippen LogP contribution is 2.17. The summed E-state index contributed by atoms with van der Waals surface area (Å²) < 4.78 is 8.31. The van der Waals surface area contributed by atoms with Gasteiger partial charge in [0.05, 0.1) is 19.2 Å². The Morgan fingerprint density at radius 3 is 2.48 bits per heavy atom. The molecule has 8 heteroatoms. The highest BCUT2D eigenvalue weighted by atomic mass is 32.1. The van der Waals surface area contributed by atoms with Crippen LogP contribution in [0.3, 0.4) is 0 Å². The zero-order valence-corrected chi connectivity index (χ0v) is 19.4. The molecule has 7 nitrogen and oxygen atoms in total. The van der Waals surface area contributed by atoms with E-state index in [9.17, 15) is 14.4 Å². The first-order chi connectivity index (χ1) is 16.0. The van der Waals surface area contributed by atoms with E-state index in [-0.39, 0.29) is 24.6 Å². The van der Waals surface area contributed by atoms with Gasteiger partial charge < -0.3 is 9.64 Å². The minimum Gasteiger partial charge on any atom is -0.497 e.